The molecule has 206 valence electrons. The van der Waals surface area contributed by atoms with E-state index in [1.165, 1.54) is 13.2 Å². The third kappa shape index (κ3) is 5.84. The maximum absolute atomic E-state index is 15.2. The van der Waals surface area contributed by atoms with Gasteiger partial charge in [0.1, 0.15) is 17.7 Å². The number of H-pyrrole nitrogens is 1. The smallest absolute Gasteiger partial charge is 0.407 e. The van der Waals surface area contributed by atoms with Gasteiger partial charge in [-0.05, 0) is 49.3 Å². The summed E-state index contributed by atoms with van der Waals surface area (Å²) in [5.41, 5.74) is 1.81. The van der Waals surface area contributed by atoms with Crippen LogP contribution >= 0.6 is 0 Å². The molecule has 2 unspecified atom stereocenters. The summed E-state index contributed by atoms with van der Waals surface area (Å²) in [5.74, 6) is 0.974. The van der Waals surface area contributed by atoms with Crippen molar-refractivity contribution >= 4 is 28.9 Å². The molecule has 0 aliphatic carbocycles. The molecule has 38 heavy (non-hydrogen) atoms. The second-order valence-corrected chi connectivity index (χ2v) is 10.5. The minimum absolute atomic E-state index is 0.0528. The van der Waals surface area contributed by atoms with Gasteiger partial charge in [-0.15, -0.1) is 6.58 Å². The lowest BCUT2D eigenvalue weighted by molar-refractivity contribution is -0.135. The highest BCUT2D eigenvalue weighted by molar-refractivity contribution is 5.87. The van der Waals surface area contributed by atoms with Crippen LogP contribution < -0.4 is 10.6 Å². The van der Waals surface area contributed by atoms with Crippen LogP contribution in [0.2, 0.25) is 0 Å². The number of methoxy groups -OCH3 is 1. The van der Waals surface area contributed by atoms with E-state index in [0.717, 1.165) is 37.9 Å². The van der Waals surface area contributed by atoms with E-state index in [9.17, 15) is 9.59 Å². The molecule has 3 heterocycles. The number of aromatic amines is 1. The normalized spacial score (nSPS) is 21.9. The number of alkyl carbamates (subject to hydrolysis) is 1. The van der Waals surface area contributed by atoms with Crippen molar-refractivity contribution in [3.05, 3.63) is 42.0 Å². The fraction of sp³-hybridized carbons (Fsp3) is 0.571. The molecule has 1 aromatic carbocycles. The third-order valence-electron chi connectivity index (χ3n) is 7.43. The zero-order chi connectivity index (χ0) is 27.4. The van der Waals surface area contributed by atoms with Crippen LogP contribution in [0.15, 0.2) is 29.8 Å². The van der Waals surface area contributed by atoms with Gasteiger partial charge in [0.25, 0.3) is 0 Å². The van der Waals surface area contributed by atoms with Gasteiger partial charge < -0.3 is 25.3 Å². The van der Waals surface area contributed by atoms with Gasteiger partial charge in [-0.3, -0.25) is 9.79 Å². The maximum Gasteiger partial charge on any atom is 0.407 e. The molecule has 1 aromatic heterocycles. The number of amides is 2. The molecule has 2 aliphatic rings. The van der Waals surface area contributed by atoms with Gasteiger partial charge in [-0.1, -0.05) is 33.3 Å². The minimum atomic E-state index is -0.711. The van der Waals surface area contributed by atoms with Crippen LogP contribution in [-0.2, 0) is 16.0 Å². The number of nitrogens with zero attached hydrogens (tertiary/aromatic N) is 3. The van der Waals surface area contributed by atoms with Gasteiger partial charge >= 0.3 is 6.09 Å². The molecule has 0 bridgehead atoms. The van der Waals surface area contributed by atoms with E-state index in [-0.39, 0.29) is 35.8 Å². The minimum Gasteiger partial charge on any atom is -0.453 e. The summed E-state index contributed by atoms with van der Waals surface area (Å²) in [7, 11) is 1.27. The first-order valence-electron chi connectivity index (χ1n) is 13.5. The molecule has 1 fully saturated rings. The monoisotopic (exact) mass is 526 g/mol. The number of aliphatic imine (C=N–C) groups is 1. The summed E-state index contributed by atoms with van der Waals surface area (Å²) >= 11 is 0. The van der Waals surface area contributed by atoms with E-state index in [2.05, 4.69) is 29.1 Å². The van der Waals surface area contributed by atoms with Crippen molar-refractivity contribution in [2.24, 2.45) is 10.9 Å². The molecule has 3 N–H and O–H groups in total. The highest BCUT2D eigenvalue weighted by atomic mass is 19.1. The van der Waals surface area contributed by atoms with Crippen molar-refractivity contribution in [2.45, 2.75) is 83.5 Å². The third-order valence-corrected chi connectivity index (χ3v) is 7.43. The second kappa shape index (κ2) is 12.0. The topological polar surface area (TPSA) is 112 Å². The number of likely N-dealkylation sites (tertiary alicyclic amines) is 1. The number of hydrogen-bond donors (Lipinski definition) is 3. The lowest BCUT2D eigenvalue weighted by Crippen LogP contribution is -2.51. The van der Waals surface area contributed by atoms with Crippen molar-refractivity contribution in [1.29, 1.82) is 0 Å². The number of rotatable bonds is 10. The van der Waals surface area contributed by atoms with Gasteiger partial charge in [0, 0.05) is 13.0 Å². The standard InChI is InChI=1S/C28H39FN6O3/c1-6-8-11-24-30-19(7-2)20(31-24)13-17-14-21-22(15-18(17)29)33-26(32-21)23-10-9-12-35(23)27(36)25(16(3)4)34-28(37)38-5/h7,14-16,19-20,23,25H,2,6,8-13H2,1,3-5H3,(H,30,31)(H,32,33)(H,34,37)/t19?,20?,23-,25-/m0/s1. The lowest BCUT2D eigenvalue weighted by atomic mass is 10.00. The Balaban J connectivity index is 1.53. The van der Waals surface area contributed by atoms with Crippen LogP contribution in [0.5, 0.6) is 0 Å². The summed E-state index contributed by atoms with van der Waals surface area (Å²) in [4.78, 5) is 39.7. The number of nitrogens with one attached hydrogen (secondary N) is 3. The summed E-state index contributed by atoms with van der Waals surface area (Å²) in [6, 6.07) is 2.12. The Labute approximate surface area is 223 Å². The molecule has 0 radical (unpaired) electrons. The number of fused-ring (bicyclic) bond motifs is 1. The SMILES string of the molecule is C=CC1N=C(CCCC)NC1Cc1cc2nc([C@@H]3CCCN3C(=O)[C@@H](NC(=O)OC)C(C)C)[nH]c2cc1F. The van der Waals surface area contributed by atoms with Crippen molar-refractivity contribution in [2.75, 3.05) is 13.7 Å². The summed E-state index contributed by atoms with van der Waals surface area (Å²) in [5, 5.41) is 6.12. The van der Waals surface area contributed by atoms with Gasteiger partial charge in [-0.2, -0.15) is 0 Å². The van der Waals surface area contributed by atoms with E-state index >= 15 is 4.39 Å². The Morgan fingerprint density at radius 3 is 2.84 bits per heavy atom. The molecule has 2 amide bonds. The molecule has 4 atom stereocenters. The quantitative estimate of drug-likeness (QED) is 0.397. The molecule has 2 aliphatic heterocycles. The van der Waals surface area contributed by atoms with E-state index in [1.807, 2.05) is 19.9 Å². The van der Waals surface area contributed by atoms with Crippen LogP contribution in [0.3, 0.4) is 0 Å². The molecular formula is C28H39FN6O3. The van der Waals surface area contributed by atoms with Crippen LogP contribution in [-0.4, -0.2) is 64.5 Å². The van der Waals surface area contributed by atoms with E-state index in [1.54, 1.807) is 11.0 Å². The maximum atomic E-state index is 15.2. The second-order valence-electron chi connectivity index (χ2n) is 10.5. The number of aromatic nitrogens is 2. The number of hydrogen-bond acceptors (Lipinski definition) is 6. The molecule has 0 spiro atoms. The summed E-state index contributed by atoms with van der Waals surface area (Å²) in [6.07, 6.45) is 6.19. The lowest BCUT2D eigenvalue weighted by Gasteiger charge is -2.29. The number of carbonyl (C=O) groups is 2. The van der Waals surface area contributed by atoms with E-state index in [0.29, 0.717) is 35.4 Å². The van der Waals surface area contributed by atoms with Gasteiger partial charge in [0.15, 0.2) is 0 Å². The Morgan fingerprint density at radius 1 is 1.37 bits per heavy atom. The number of unbranched alkanes of at least 4 members (excludes halogenated alkanes) is 1. The Morgan fingerprint density at radius 2 is 2.16 bits per heavy atom. The van der Waals surface area contributed by atoms with Crippen LogP contribution in [0.25, 0.3) is 11.0 Å². The Bertz CT molecular complexity index is 1210. The fourth-order valence-corrected chi connectivity index (χ4v) is 5.31. The number of benzene rings is 1. The molecular weight excluding hydrogens is 487 g/mol. The highest BCUT2D eigenvalue weighted by Gasteiger charge is 2.37. The van der Waals surface area contributed by atoms with Crippen LogP contribution in [0.4, 0.5) is 9.18 Å². The van der Waals surface area contributed by atoms with E-state index in [4.69, 9.17) is 14.7 Å². The van der Waals surface area contributed by atoms with Crippen LogP contribution in [0, 0.1) is 11.7 Å². The largest absolute Gasteiger partial charge is 0.453 e. The Hall–Kier alpha value is -3.43. The first-order valence-corrected chi connectivity index (χ1v) is 13.5. The van der Waals surface area contributed by atoms with Gasteiger partial charge in [0.05, 0.1) is 42.1 Å². The average molecular weight is 527 g/mol. The first-order chi connectivity index (χ1) is 18.2. The zero-order valence-corrected chi connectivity index (χ0v) is 22.7. The predicted molar refractivity (Wildman–Crippen MR) is 145 cm³/mol. The average Bonchev–Trinajstić information content (AvgIpc) is 3.63. The van der Waals surface area contributed by atoms with Crippen molar-refractivity contribution < 1.29 is 18.7 Å². The van der Waals surface area contributed by atoms with Crippen molar-refractivity contribution in [1.82, 2.24) is 25.5 Å². The molecule has 1 saturated heterocycles. The number of amidine groups is 1. The number of ether oxygens (including phenoxy) is 1. The molecule has 0 saturated carbocycles. The van der Waals surface area contributed by atoms with Crippen molar-refractivity contribution in [3.63, 3.8) is 0 Å². The molecule has 2 aromatic rings. The number of carbonyl (C=O) groups excluding carboxylic acids is 2. The van der Waals surface area contributed by atoms with Crippen molar-refractivity contribution in [3.8, 4) is 0 Å². The summed E-state index contributed by atoms with van der Waals surface area (Å²) < 4.78 is 19.9. The van der Waals surface area contributed by atoms with Gasteiger partial charge in [-0.25, -0.2) is 14.2 Å². The zero-order valence-electron chi connectivity index (χ0n) is 22.7. The summed E-state index contributed by atoms with van der Waals surface area (Å²) in [6.45, 7) is 10.4. The fourth-order valence-electron chi connectivity index (χ4n) is 5.31. The highest BCUT2D eigenvalue weighted by Crippen LogP contribution is 2.33. The molecule has 10 heteroatoms. The van der Waals surface area contributed by atoms with E-state index < -0.39 is 12.1 Å². The first kappa shape index (κ1) is 27.6. The molecule has 4 rings (SSSR count). The number of halogens is 1. The van der Waals surface area contributed by atoms with Gasteiger partial charge in [0.2, 0.25) is 5.91 Å². The predicted octanol–water partition coefficient (Wildman–Crippen LogP) is 4.40. The number of imidazole rings is 1. The van der Waals surface area contributed by atoms with Crippen LogP contribution in [0.1, 0.15) is 70.3 Å². The Kier molecular flexibility index (Phi) is 8.69. The molecule has 9 nitrogen and oxygen atoms in total.